The SMILES string of the molecule is COC(=O)C(N)c1cc(F)ccc1N(C)C. The van der Waals surface area contributed by atoms with Crippen molar-refractivity contribution in [1.82, 2.24) is 0 Å². The molecule has 0 saturated heterocycles. The summed E-state index contributed by atoms with van der Waals surface area (Å²) in [5.41, 5.74) is 6.80. The van der Waals surface area contributed by atoms with E-state index in [1.165, 1.54) is 19.2 Å². The predicted octanol–water partition coefficient (Wildman–Crippen LogP) is 1.06. The van der Waals surface area contributed by atoms with E-state index in [1.807, 2.05) is 0 Å². The average Bonchev–Trinajstić information content (AvgIpc) is 2.26. The summed E-state index contributed by atoms with van der Waals surface area (Å²) in [5, 5.41) is 0. The van der Waals surface area contributed by atoms with Gasteiger partial charge in [0.25, 0.3) is 0 Å². The summed E-state index contributed by atoms with van der Waals surface area (Å²) in [4.78, 5) is 13.1. The number of hydrogen-bond acceptors (Lipinski definition) is 4. The number of methoxy groups -OCH3 is 1. The van der Waals surface area contributed by atoms with Crippen molar-refractivity contribution >= 4 is 11.7 Å². The Kier molecular flexibility index (Phi) is 3.84. The first-order chi connectivity index (χ1) is 7.47. The molecule has 0 aliphatic rings. The number of halogens is 1. The molecule has 0 fully saturated rings. The van der Waals surface area contributed by atoms with E-state index in [0.29, 0.717) is 11.3 Å². The summed E-state index contributed by atoms with van der Waals surface area (Å²) in [6.45, 7) is 0. The summed E-state index contributed by atoms with van der Waals surface area (Å²) in [6.07, 6.45) is 0. The van der Waals surface area contributed by atoms with Crippen LogP contribution in [0.2, 0.25) is 0 Å². The highest BCUT2D eigenvalue weighted by molar-refractivity contribution is 5.80. The molecule has 88 valence electrons. The van der Waals surface area contributed by atoms with Crippen LogP contribution in [0.4, 0.5) is 10.1 Å². The van der Waals surface area contributed by atoms with Crippen molar-refractivity contribution in [3.63, 3.8) is 0 Å². The lowest BCUT2D eigenvalue weighted by atomic mass is 10.0. The number of ether oxygens (including phenoxy) is 1. The van der Waals surface area contributed by atoms with E-state index in [4.69, 9.17) is 5.73 Å². The van der Waals surface area contributed by atoms with E-state index in [9.17, 15) is 9.18 Å². The van der Waals surface area contributed by atoms with Crippen LogP contribution in [0, 0.1) is 5.82 Å². The molecule has 0 spiro atoms. The van der Waals surface area contributed by atoms with Gasteiger partial charge in [-0.3, -0.25) is 4.79 Å². The molecule has 16 heavy (non-hydrogen) atoms. The molecule has 0 aromatic heterocycles. The zero-order valence-electron chi connectivity index (χ0n) is 9.53. The molecule has 1 aromatic carbocycles. The van der Waals surface area contributed by atoms with Gasteiger partial charge in [-0.1, -0.05) is 0 Å². The number of nitrogens with two attached hydrogens (primary N) is 1. The van der Waals surface area contributed by atoms with Crippen molar-refractivity contribution in [2.75, 3.05) is 26.1 Å². The molecule has 0 bridgehead atoms. The number of rotatable bonds is 3. The van der Waals surface area contributed by atoms with E-state index in [2.05, 4.69) is 4.74 Å². The van der Waals surface area contributed by atoms with Gasteiger partial charge < -0.3 is 15.4 Å². The van der Waals surface area contributed by atoms with E-state index in [0.717, 1.165) is 0 Å². The van der Waals surface area contributed by atoms with Crippen LogP contribution in [-0.2, 0) is 9.53 Å². The largest absolute Gasteiger partial charge is 0.468 e. The summed E-state index contributed by atoms with van der Waals surface area (Å²) >= 11 is 0. The molecular weight excluding hydrogens is 211 g/mol. The molecular formula is C11H15FN2O2. The maximum absolute atomic E-state index is 13.1. The third-order valence-electron chi connectivity index (χ3n) is 2.26. The molecule has 5 heteroatoms. The molecule has 0 aliphatic heterocycles. The molecule has 2 N–H and O–H groups in total. The lowest BCUT2D eigenvalue weighted by Crippen LogP contribution is -2.25. The number of nitrogens with zero attached hydrogens (tertiary/aromatic N) is 1. The summed E-state index contributed by atoms with van der Waals surface area (Å²) in [5.74, 6) is -1.02. The fourth-order valence-corrected chi connectivity index (χ4v) is 1.44. The van der Waals surface area contributed by atoms with Gasteiger partial charge in [-0.15, -0.1) is 0 Å². The normalized spacial score (nSPS) is 12.1. The number of carbonyl (C=O) groups excluding carboxylic acids is 1. The minimum atomic E-state index is -0.974. The Morgan fingerprint density at radius 3 is 2.62 bits per heavy atom. The van der Waals surface area contributed by atoms with Gasteiger partial charge in [-0.2, -0.15) is 0 Å². The van der Waals surface area contributed by atoms with Gasteiger partial charge in [0.05, 0.1) is 7.11 Å². The van der Waals surface area contributed by atoms with Crippen LogP contribution >= 0.6 is 0 Å². The van der Waals surface area contributed by atoms with Crippen molar-refractivity contribution in [3.05, 3.63) is 29.6 Å². The van der Waals surface area contributed by atoms with Crippen molar-refractivity contribution in [2.45, 2.75) is 6.04 Å². The van der Waals surface area contributed by atoms with E-state index < -0.39 is 17.8 Å². The van der Waals surface area contributed by atoms with Crippen LogP contribution in [0.25, 0.3) is 0 Å². The van der Waals surface area contributed by atoms with Gasteiger partial charge in [-0.25, -0.2) is 4.39 Å². The highest BCUT2D eigenvalue weighted by Crippen LogP contribution is 2.25. The predicted molar refractivity (Wildman–Crippen MR) is 59.7 cm³/mol. The second kappa shape index (κ2) is 4.94. The number of hydrogen-bond donors (Lipinski definition) is 1. The highest BCUT2D eigenvalue weighted by Gasteiger charge is 2.21. The van der Waals surface area contributed by atoms with Crippen LogP contribution in [0.5, 0.6) is 0 Å². The number of esters is 1. The lowest BCUT2D eigenvalue weighted by Gasteiger charge is -2.20. The minimum absolute atomic E-state index is 0.414. The molecule has 0 amide bonds. The van der Waals surface area contributed by atoms with Crippen molar-refractivity contribution in [1.29, 1.82) is 0 Å². The summed E-state index contributed by atoms with van der Waals surface area (Å²) in [7, 11) is 4.83. The average molecular weight is 226 g/mol. The van der Waals surface area contributed by atoms with E-state index in [-0.39, 0.29) is 0 Å². The standard InChI is InChI=1S/C11H15FN2O2/c1-14(2)9-5-4-7(12)6-8(9)10(13)11(15)16-3/h4-6,10H,13H2,1-3H3. The first-order valence-corrected chi connectivity index (χ1v) is 4.77. The highest BCUT2D eigenvalue weighted by atomic mass is 19.1. The molecule has 0 aliphatic carbocycles. The van der Waals surface area contributed by atoms with Crippen molar-refractivity contribution in [2.24, 2.45) is 5.73 Å². The van der Waals surface area contributed by atoms with E-state index in [1.54, 1.807) is 25.1 Å². The van der Waals surface area contributed by atoms with Crippen LogP contribution in [0.3, 0.4) is 0 Å². The monoisotopic (exact) mass is 226 g/mol. The van der Waals surface area contributed by atoms with Crippen LogP contribution < -0.4 is 10.6 Å². The topological polar surface area (TPSA) is 55.6 Å². The lowest BCUT2D eigenvalue weighted by molar-refractivity contribution is -0.142. The van der Waals surface area contributed by atoms with Crippen LogP contribution in [0.15, 0.2) is 18.2 Å². The maximum atomic E-state index is 13.1. The second-order valence-corrected chi connectivity index (χ2v) is 3.60. The van der Waals surface area contributed by atoms with Gasteiger partial charge in [-0.05, 0) is 18.2 Å². The number of benzene rings is 1. The Morgan fingerprint density at radius 2 is 2.12 bits per heavy atom. The first-order valence-electron chi connectivity index (χ1n) is 4.77. The Bertz CT molecular complexity index is 394. The quantitative estimate of drug-likeness (QED) is 0.783. The molecule has 0 saturated carbocycles. The van der Waals surface area contributed by atoms with Crippen molar-refractivity contribution in [3.8, 4) is 0 Å². The van der Waals surface area contributed by atoms with Gasteiger partial charge in [0.15, 0.2) is 0 Å². The smallest absolute Gasteiger partial charge is 0.327 e. The molecule has 0 radical (unpaired) electrons. The molecule has 4 nitrogen and oxygen atoms in total. The number of carbonyl (C=O) groups is 1. The molecule has 1 atom stereocenters. The zero-order valence-corrected chi connectivity index (χ0v) is 9.53. The minimum Gasteiger partial charge on any atom is -0.468 e. The first kappa shape index (κ1) is 12.4. The third kappa shape index (κ3) is 2.49. The Balaban J connectivity index is 3.19. The summed E-state index contributed by atoms with van der Waals surface area (Å²) < 4.78 is 17.6. The Hall–Kier alpha value is -1.62. The van der Waals surface area contributed by atoms with Crippen molar-refractivity contribution < 1.29 is 13.9 Å². The van der Waals surface area contributed by atoms with Gasteiger partial charge in [0.2, 0.25) is 0 Å². The van der Waals surface area contributed by atoms with Gasteiger partial charge in [0.1, 0.15) is 11.9 Å². The Labute approximate surface area is 93.8 Å². The van der Waals surface area contributed by atoms with E-state index >= 15 is 0 Å². The second-order valence-electron chi connectivity index (χ2n) is 3.60. The third-order valence-corrected chi connectivity index (χ3v) is 2.26. The van der Waals surface area contributed by atoms with Gasteiger partial charge in [0, 0.05) is 25.3 Å². The fourth-order valence-electron chi connectivity index (χ4n) is 1.44. The maximum Gasteiger partial charge on any atom is 0.327 e. The molecule has 1 aromatic rings. The fraction of sp³-hybridized carbons (Fsp3) is 0.364. The Morgan fingerprint density at radius 1 is 1.50 bits per heavy atom. The molecule has 1 unspecified atom stereocenters. The number of anilines is 1. The van der Waals surface area contributed by atoms with Gasteiger partial charge >= 0.3 is 5.97 Å². The summed E-state index contributed by atoms with van der Waals surface area (Å²) in [6, 6.07) is 3.17. The molecule has 1 rings (SSSR count). The molecule has 0 heterocycles. The zero-order chi connectivity index (χ0) is 12.3. The van der Waals surface area contributed by atoms with Crippen LogP contribution in [0.1, 0.15) is 11.6 Å². The van der Waals surface area contributed by atoms with Crippen LogP contribution in [-0.4, -0.2) is 27.2 Å².